The number of pyridine rings is 1. The van der Waals surface area contributed by atoms with Crippen LogP contribution in [-0.2, 0) is 6.54 Å². The second kappa shape index (κ2) is 8.55. The Hall–Kier alpha value is -3.03. The van der Waals surface area contributed by atoms with E-state index in [0.29, 0.717) is 5.82 Å². The minimum absolute atomic E-state index is 0.458. The second-order valence-electron chi connectivity index (χ2n) is 7.12. The van der Waals surface area contributed by atoms with Crippen LogP contribution in [-0.4, -0.2) is 54.8 Å². The first-order valence-corrected chi connectivity index (χ1v) is 9.96. The molecule has 29 heavy (non-hydrogen) atoms. The fourth-order valence-corrected chi connectivity index (χ4v) is 3.75. The topological polar surface area (TPSA) is 82.1 Å². The van der Waals surface area contributed by atoms with Crippen molar-refractivity contribution in [3.8, 4) is 0 Å². The van der Waals surface area contributed by atoms with E-state index in [-0.39, 0.29) is 0 Å². The van der Waals surface area contributed by atoms with E-state index in [4.69, 9.17) is 10.7 Å². The van der Waals surface area contributed by atoms with Gasteiger partial charge in [-0.2, -0.15) is 0 Å². The molecule has 0 amide bonds. The number of nitrogens with two attached hydrogens (primary N) is 1. The van der Waals surface area contributed by atoms with Gasteiger partial charge < -0.3 is 11.1 Å². The minimum atomic E-state index is 0.458. The summed E-state index contributed by atoms with van der Waals surface area (Å²) in [6, 6.07) is 12.4. The monoisotopic (exact) mass is 389 g/mol. The lowest BCUT2D eigenvalue weighted by Gasteiger charge is -2.27. The number of nitrogen functional groups attached to an aromatic ring is 1. The summed E-state index contributed by atoms with van der Waals surface area (Å²) >= 11 is 0. The van der Waals surface area contributed by atoms with Crippen molar-refractivity contribution in [2.45, 2.75) is 13.5 Å². The van der Waals surface area contributed by atoms with E-state index < -0.39 is 0 Å². The zero-order chi connectivity index (χ0) is 20.2. The van der Waals surface area contributed by atoms with Crippen LogP contribution in [0.2, 0.25) is 0 Å². The molecule has 1 fully saturated rings. The maximum atomic E-state index is 6.15. The van der Waals surface area contributed by atoms with E-state index >= 15 is 0 Å². The number of rotatable bonds is 4. The highest BCUT2D eigenvalue weighted by atomic mass is 15.3. The summed E-state index contributed by atoms with van der Waals surface area (Å²) in [5.74, 6) is 2.01. The smallest absolute Gasteiger partial charge is 0.159 e. The fraction of sp³-hybridized carbons (Fsp3) is 0.318. The molecule has 3 N–H and O–H groups in total. The third-order valence-corrected chi connectivity index (χ3v) is 5.25. The molecule has 0 aliphatic carbocycles. The summed E-state index contributed by atoms with van der Waals surface area (Å²) in [6.07, 6.45) is 3.66. The van der Waals surface area contributed by atoms with Crippen molar-refractivity contribution < 1.29 is 0 Å². The molecule has 2 aliphatic rings. The Kier molecular flexibility index (Phi) is 5.69. The molecule has 2 aromatic rings. The number of hydrogen-bond acceptors (Lipinski definition) is 6. The number of nitrogens with zero attached hydrogens (tertiary/aromatic N) is 5. The van der Waals surface area contributed by atoms with Gasteiger partial charge in [-0.15, -0.1) is 0 Å². The SMILES string of the molecule is C/C=C1/N=C(c2cccnc2N)N(c2ccc(CN3CCNCC3)cc2)C1=NC. The summed E-state index contributed by atoms with van der Waals surface area (Å²) in [5.41, 5.74) is 10.1. The molecule has 2 aliphatic heterocycles. The highest BCUT2D eigenvalue weighted by Gasteiger charge is 2.31. The maximum Gasteiger partial charge on any atom is 0.159 e. The Bertz CT molecular complexity index is 953. The van der Waals surface area contributed by atoms with Gasteiger partial charge in [-0.05, 0) is 36.8 Å². The van der Waals surface area contributed by atoms with Gasteiger partial charge in [0.25, 0.3) is 0 Å². The molecule has 0 atom stereocenters. The highest BCUT2D eigenvalue weighted by Crippen LogP contribution is 2.29. The molecule has 1 aromatic carbocycles. The summed E-state index contributed by atoms with van der Waals surface area (Å²) in [6.45, 7) is 7.22. The zero-order valence-electron chi connectivity index (χ0n) is 17.0. The lowest BCUT2D eigenvalue weighted by atomic mass is 10.1. The van der Waals surface area contributed by atoms with Gasteiger partial charge in [-0.25, -0.2) is 9.98 Å². The third kappa shape index (κ3) is 3.92. The number of benzene rings is 1. The van der Waals surface area contributed by atoms with Gasteiger partial charge >= 0.3 is 0 Å². The van der Waals surface area contributed by atoms with Crippen LogP contribution >= 0.6 is 0 Å². The van der Waals surface area contributed by atoms with Crippen molar-refractivity contribution in [1.29, 1.82) is 0 Å². The van der Waals surface area contributed by atoms with E-state index in [0.717, 1.165) is 61.3 Å². The van der Waals surface area contributed by atoms with Crippen molar-refractivity contribution >= 4 is 23.2 Å². The molecule has 7 nitrogen and oxygen atoms in total. The first-order valence-electron chi connectivity index (χ1n) is 9.96. The molecule has 0 spiro atoms. The van der Waals surface area contributed by atoms with Crippen LogP contribution in [0.4, 0.5) is 11.5 Å². The number of aliphatic imine (C=N–C) groups is 2. The van der Waals surface area contributed by atoms with Crippen molar-refractivity contribution in [3.63, 3.8) is 0 Å². The molecule has 0 bridgehead atoms. The van der Waals surface area contributed by atoms with Crippen LogP contribution in [0.25, 0.3) is 0 Å². The molecule has 1 aromatic heterocycles. The molecule has 7 heteroatoms. The predicted octanol–water partition coefficient (Wildman–Crippen LogP) is 2.27. The van der Waals surface area contributed by atoms with Crippen LogP contribution in [0.1, 0.15) is 18.1 Å². The van der Waals surface area contributed by atoms with Crippen LogP contribution in [0, 0.1) is 0 Å². The number of allylic oxidation sites excluding steroid dienone is 1. The van der Waals surface area contributed by atoms with E-state index in [9.17, 15) is 0 Å². The molecule has 150 valence electrons. The lowest BCUT2D eigenvalue weighted by molar-refractivity contribution is 0.233. The van der Waals surface area contributed by atoms with Crippen LogP contribution in [0.3, 0.4) is 0 Å². The van der Waals surface area contributed by atoms with Gasteiger partial charge in [0.2, 0.25) is 0 Å². The summed E-state index contributed by atoms with van der Waals surface area (Å²) in [7, 11) is 1.79. The van der Waals surface area contributed by atoms with Crippen LogP contribution in [0.15, 0.2) is 64.4 Å². The summed E-state index contributed by atoms with van der Waals surface area (Å²) in [5, 5.41) is 3.40. The number of amidine groups is 2. The Labute approximate surface area is 171 Å². The zero-order valence-corrected chi connectivity index (χ0v) is 17.0. The standard InChI is InChI=1S/C22H27N7/c1-3-19-22(24-2)29(21(27-19)18-5-4-10-26-20(18)23)17-8-6-16(7-9-17)15-28-13-11-25-12-14-28/h3-10,25H,11-15H2,1-2H3,(H2,23,26)/b19-3+,24-22?. The Morgan fingerprint density at radius 2 is 1.93 bits per heavy atom. The molecule has 0 unspecified atom stereocenters. The van der Waals surface area contributed by atoms with Gasteiger partial charge in [-0.1, -0.05) is 18.2 Å². The average molecular weight is 390 g/mol. The Morgan fingerprint density at radius 3 is 2.59 bits per heavy atom. The second-order valence-corrected chi connectivity index (χ2v) is 7.12. The van der Waals surface area contributed by atoms with E-state index in [1.54, 1.807) is 13.2 Å². The highest BCUT2D eigenvalue weighted by molar-refractivity contribution is 6.34. The van der Waals surface area contributed by atoms with Crippen LogP contribution in [0.5, 0.6) is 0 Å². The van der Waals surface area contributed by atoms with Gasteiger partial charge in [0.1, 0.15) is 11.5 Å². The quantitative estimate of drug-likeness (QED) is 0.838. The third-order valence-electron chi connectivity index (χ3n) is 5.25. The van der Waals surface area contributed by atoms with Crippen molar-refractivity contribution in [2.24, 2.45) is 9.98 Å². The lowest BCUT2D eigenvalue weighted by Crippen LogP contribution is -2.42. The normalized spacial score (nSPS) is 20.5. The minimum Gasteiger partial charge on any atom is -0.383 e. The molecule has 1 saturated heterocycles. The van der Waals surface area contributed by atoms with Crippen molar-refractivity contribution in [1.82, 2.24) is 15.2 Å². The molecular weight excluding hydrogens is 362 g/mol. The van der Waals surface area contributed by atoms with Gasteiger partial charge in [0.05, 0.1) is 5.56 Å². The first-order chi connectivity index (χ1) is 14.2. The number of piperazine rings is 1. The van der Waals surface area contributed by atoms with E-state index in [1.807, 2.05) is 25.1 Å². The van der Waals surface area contributed by atoms with Gasteiger partial charge in [0.15, 0.2) is 11.7 Å². The van der Waals surface area contributed by atoms with E-state index in [2.05, 4.69) is 49.4 Å². The summed E-state index contributed by atoms with van der Waals surface area (Å²) in [4.78, 5) is 18.1. The molecule has 0 radical (unpaired) electrons. The van der Waals surface area contributed by atoms with Crippen molar-refractivity contribution in [3.05, 3.63) is 65.5 Å². The van der Waals surface area contributed by atoms with Crippen molar-refractivity contribution in [2.75, 3.05) is 43.9 Å². The Morgan fingerprint density at radius 1 is 1.17 bits per heavy atom. The largest absolute Gasteiger partial charge is 0.383 e. The fourth-order valence-electron chi connectivity index (χ4n) is 3.75. The molecule has 0 saturated carbocycles. The Balaban J connectivity index is 1.65. The average Bonchev–Trinajstić information content (AvgIpc) is 3.14. The van der Waals surface area contributed by atoms with Gasteiger partial charge in [-0.3, -0.25) is 14.8 Å². The maximum absolute atomic E-state index is 6.15. The number of nitrogens with one attached hydrogen (secondary N) is 1. The van der Waals surface area contributed by atoms with E-state index in [1.165, 1.54) is 5.56 Å². The van der Waals surface area contributed by atoms with Gasteiger partial charge in [0, 0.05) is 51.7 Å². The number of hydrogen-bond donors (Lipinski definition) is 2. The molecular formula is C22H27N7. The van der Waals surface area contributed by atoms with Crippen LogP contribution < -0.4 is 16.0 Å². The molecule has 4 rings (SSSR count). The first kappa shape index (κ1) is 19.3. The summed E-state index contributed by atoms with van der Waals surface area (Å²) < 4.78 is 0. The number of aromatic nitrogens is 1. The number of anilines is 2. The molecule has 3 heterocycles. The predicted molar refractivity (Wildman–Crippen MR) is 119 cm³/mol.